The van der Waals surface area contributed by atoms with Crippen molar-refractivity contribution in [2.24, 2.45) is 0 Å². The molecule has 0 unspecified atom stereocenters. The van der Waals surface area contributed by atoms with Gasteiger partial charge in [0.1, 0.15) is 12.6 Å². The summed E-state index contributed by atoms with van der Waals surface area (Å²) in [6.45, 7) is 7.48. The summed E-state index contributed by atoms with van der Waals surface area (Å²) in [6.07, 6.45) is 0.936. The van der Waals surface area contributed by atoms with Crippen molar-refractivity contribution in [2.45, 2.75) is 70.0 Å². The second kappa shape index (κ2) is 15.9. The van der Waals surface area contributed by atoms with Crippen LogP contribution in [0.4, 0.5) is 5.69 Å². The quantitative estimate of drug-likeness (QED) is 0.155. The summed E-state index contributed by atoms with van der Waals surface area (Å²) in [4.78, 5) is 30.0. The first-order valence-corrected chi connectivity index (χ1v) is 17.4. The first-order valence-electron chi connectivity index (χ1n) is 15.6. The fourth-order valence-electron chi connectivity index (χ4n) is 5.08. The average Bonchev–Trinajstić information content (AvgIpc) is 3.06. The van der Waals surface area contributed by atoms with Crippen LogP contribution in [0.2, 0.25) is 5.02 Å². The first kappa shape index (κ1) is 34.7. The zero-order chi connectivity index (χ0) is 33.3. The molecule has 2 atom stereocenters. The molecule has 0 heterocycles. The second-order valence-electron chi connectivity index (χ2n) is 11.7. The van der Waals surface area contributed by atoms with Gasteiger partial charge in [-0.3, -0.25) is 13.9 Å². The first-order chi connectivity index (χ1) is 22.0. The van der Waals surface area contributed by atoms with Gasteiger partial charge >= 0.3 is 0 Å². The van der Waals surface area contributed by atoms with Crippen molar-refractivity contribution in [3.05, 3.63) is 131 Å². The lowest BCUT2D eigenvalue weighted by Gasteiger charge is -2.34. The Morgan fingerprint density at radius 3 is 1.98 bits per heavy atom. The largest absolute Gasteiger partial charge is 0.352 e. The zero-order valence-electron chi connectivity index (χ0n) is 26.8. The number of hydrogen-bond donors (Lipinski definition) is 1. The average molecular weight is 660 g/mol. The van der Waals surface area contributed by atoms with Gasteiger partial charge in [-0.05, 0) is 66.3 Å². The number of carbonyl (C=O) groups excluding carboxylic acids is 2. The predicted octanol–water partition coefficient (Wildman–Crippen LogP) is 7.21. The maximum absolute atomic E-state index is 14.6. The van der Waals surface area contributed by atoms with Gasteiger partial charge < -0.3 is 10.2 Å². The van der Waals surface area contributed by atoms with E-state index in [4.69, 9.17) is 11.6 Å². The molecule has 0 aliphatic rings. The van der Waals surface area contributed by atoms with E-state index in [-0.39, 0.29) is 35.7 Å². The lowest BCUT2D eigenvalue weighted by atomic mass is 10.0. The van der Waals surface area contributed by atoms with Gasteiger partial charge in [-0.2, -0.15) is 0 Å². The second-order valence-corrected chi connectivity index (χ2v) is 14.0. The third-order valence-electron chi connectivity index (χ3n) is 8.03. The SMILES string of the molecule is CC[C@@H](C)NC(=O)[C@H](Cc1ccccc1)N(Cc1ccccc1Cl)C(=O)CN(c1ccc(C(C)C)cc1)S(=O)(=O)c1ccccc1. The fraction of sp³-hybridized carbons (Fsp3) is 0.297. The van der Waals surface area contributed by atoms with Gasteiger partial charge in [0.05, 0.1) is 10.6 Å². The third kappa shape index (κ3) is 8.77. The van der Waals surface area contributed by atoms with E-state index in [1.165, 1.54) is 17.0 Å². The van der Waals surface area contributed by atoms with Crippen LogP contribution in [0.15, 0.2) is 114 Å². The highest BCUT2D eigenvalue weighted by atomic mass is 35.5. The van der Waals surface area contributed by atoms with Crippen molar-refractivity contribution >= 4 is 39.1 Å². The smallest absolute Gasteiger partial charge is 0.264 e. The molecule has 0 bridgehead atoms. The Kier molecular flexibility index (Phi) is 12.0. The Morgan fingerprint density at radius 1 is 0.804 bits per heavy atom. The summed E-state index contributed by atoms with van der Waals surface area (Å²) in [5, 5.41) is 3.49. The van der Waals surface area contributed by atoms with Crippen molar-refractivity contribution < 1.29 is 18.0 Å². The molecule has 46 heavy (non-hydrogen) atoms. The number of nitrogens with one attached hydrogen (secondary N) is 1. The van der Waals surface area contributed by atoms with Crippen LogP contribution in [0.3, 0.4) is 0 Å². The van der Waals surface area contributed by atoms with E-state index in [1.54, 1.807) is 48.5 Å². The summed E-state index contributed by atoms with van der Waals surface area (Å²) in [5.41, 5.74) is 2.90. The minimum Gasteiger partial charge on any atom is -0.352 e. The summed E-state index contributed by atoms with van der Waals surface area (Å²) in [5.74, 6) is -0.617. The molecule has 1 N–H and O–H groups in total. The molecule has 4 aromatic rings. The van der Waals surface area contributed by atoms with Crippen molar-refractivity contribution in [3.8, 4) is 0 Å². The lowest BCUT2D eigenvalue weighted by Crippen LogP contribution is -2.54. The summed E-state index contributed by atoms with van der Waals surface area (Å²) in [7, 11) is -4.17. The van der Waals surface area contributed by atoms with Crippen molar-refractivity contribution in [3.63, 3.8) is 0 Å². The van der Waals surface area contributed by atoms with Crippen LogP contribution in [-0.2, 0) is 32.6 Å². The maximum Gasteiger partial charge on any atom is 0.264 e. The van der Waals surface area contributed by atoms with Crippen LogP contribution >= 0.6 is 11.6 Å². The van der Waals surface area contributed by atoms with E-state index in [0.717, 1.165) is 15.4 Å². The molecule has 242 valence electrons. The molecule has 2 amide bonds. The van der Waals surface area contributed by atoms with Crippen molar-refractivity contribution in [1.29, 1.82) is 0 Å². The Morgan fingerprint density at radius 2 is 1.39 bits per heavy atom. The number of halogens is 1. The highest BCUT2D eigenvalue weighted by Gasteiger charge is 2.35. The van der Waals surface area contributed by atoms with E-state index < -0.39 is 28.5 Å². The Hall–Kier alpha value is -4.14. The topological polar surface area (TPSA) is 86.8 Å². The standard InChI is InChI=1S/C37H42ClN3O4S/c1-5-28(4)39-37(43)35(24-29-14-8-6-9-15-29)40(25-31-16-12-13-19-34(31)38)36(42)26-41(32-22-20-30(21-23-32)27(2)3)46(44,45)33-17-10-7-11-18-33/h6-23,27-28,35H,5,24-26H2,1-4H3,(H,39,43)/t28-,35+/m1/s1. The third-order valence-corrected chi connectivity index (χ3v) is 10.2. The van der Waals surface area contributed by atoms with E-state index in [0.29, 0.717) is 22.7 Å². The Bertz CT molecular complexity index is 1700. The Balaban J connectivity index is 1.82. The highest BCUT2D eigenvalue weighted by Crippen LogP contribution is 2.27. The summed E-state index contributed by atoms with van der Waals surface area (Å²) >= 11 is 6.57. The number of carbonyl (C=O) groups is 2. The van der Waals surface area contributed by atoms with Crippen LogP contribution in [0, 0.1) is 0 Å². The zero-order valence-corrected chi connectivity index (χ0v) is 28.3. The molecule has 0 saturated heterocycles. The molecule has 0 aliphatic carbocycles. The molecule has 0 aliphatic heterocycles. The van der Waals surface area contributed by atoms with Gasteiger partial charge in [-0.1, -0.05) is 111 Å². The normalized spacial score (nSPS) is 12.7. The van der Waals surface area contributed by atoms with E-state index >= 15 is 0 Å². The van der Waals surface area contributed by atoms with E-state index in [2.05, 4.69) is 19.2 Å². The Labute approximate surface area is 278 Å². The van der Waals surface area contributed by atoms with Gasteiger partial charge in [-0.15, -0.1) is 0 Å². The maximum atomic E-state index is 14.6. The van der Waals surface area contributed by atoms with Crippen molar-refractivity contribution in [2.75, 3.05) is 10.8 Å². The molecule has 0 saturated carbocycles. The van der Waals surface area contributed by atoms with Gasteiger partial charge in [0.25, 0.3) is 10.0 Å². The van der Waals surface area contributed by atoms with Crippen LogP contribution in [0.1, 0.15) is 56.7 Å². The molecule has 0 fully saturated rings. The summed E-state index contributed by atoms with van der Waals surface area (Å²) in [6, 6.07) is 30.8. The molecule has 0 radical (unpaired) electrons. The highest BCUT2D eigenvalue weighted by molar-refractivity contribution is 7.92. The molecule has 4 aromatic carbocycles. The monoisotopic (exact) mass is 659 g/mol. The van der Waals surface area contributed by atoms with Crippen LogP contribution < -0.4 is 9.62 Å². The molecule has 4 rings (SSSR count). The van der Waals surface area contributed by atoms with Gasteiger partial charge in [-0.25, -0.2) is 8.42 Å². The number of sulfonamides is 1. The number of hydrogen-bond acceptors (Lipinski definition) is 4. The minimum absolute atomic E-state index is 0.00937. The number of nitrogens with zero attached hydrogens (tertiary/aromatic N) is 2. The predicted molar refractivity (Wildman–Crippen MR) is 185 cm³/mol. The van der Waals surface area contributed by atoms with Crippen molar-refractivity contribution in [1.82, 2.24) is 10.2 Å². The molecular weight excluding hydrogens is 618 g/mol. The molecule has 0 spiro atoms. The van der Waals surface area contributed by atoms with Gasteiger partial charge in [0.2, 0.25) is 11.8 Å². The number of amides is 2. The summed E-state index contributed by atoms with van der Waals surface area (Å²) < 4.78 is 29.4. The minimum atomic E-state index is -4.17. The van der Waals surface area contributed by atoms with E-state index in [1.807, 2.05) is 62.4 Å². The number of anilines is 1. The van der Waals surface area contributed by atoms with Crippen LogP contribution in [0.5, 0.6) is 0 Å². The van der Waals surface area contributed by atoms with Gasteiger partial charge in [0.15, 0.2) is 0 Å². The molecule has 0 aromatic heterocycles. The molecular formula is C37H42ClN3O4S. The molecule has 7 nitrogen and oxygen atoms in total. The number of rotatable bonds is 14. The van der Waals surface area contributed by atoms with Crippen LogP contribution in [0.25, 0.3) is 0 Å². The van der Waals surface area contributed by atoms with E-state index in [9.17, 15) is 18.0 Å². The van der Waals surface area contributed by atoms with Gasteiger partial charge in [0, 0.05) is 24.0 Å². The fourth-order valence-corrected chi connectivity index (χ4v) is 6.71. The lowest BCUT2D eigenvalue weighted by molar-refractivity contribution is -0.140. The number of benzene rings is 4. The van der Waals surface area contributed by atoms with Crippen LogP contribution in [-0.4, -0.2) is 43.8 Å². The molecule has 9 heteroatoms.